The molecule has 3 aromatic rings. The first-order chi connectivity index (χ1) is 15.1. The molecule has 1 saturated carbocycles. The Morgan fingerprint density at radius 3 is 2.81 bits per heavy atom. The van der Waals surface area contributed by atoms with Gasteiger partial charge in [0.2, 0.25) is 0 Å². The Balaban J connectivity index is 1.84. The van der Waals surface area contributed by atoms with Crippen LogP contribution in [0.3, 0.4) is 0 Å². The Kier molecular flexibility index (Phi) is 6.13. The van der Waals surface area contributed by atoms with Gasteiger partial charge < -0.3 is 19.3 Å². The second-order valence-corrected chi connectivity index (χ2v) is 8.09. The number of hydrazone groups is 1. The van der Waals surface area contributed by atoms with Gasteiger partial charge in [0.25, 0.3) is 0 Å². The van der Waals surface area contributed by atoms with E-state index >= 15 is 0 Å². The Morgan fingerprint density at radius 2 is 2.13 bits per heavy atom. The minimum atomic E-state index is 0.189. The second-order valence-electron chi connectivity index (χ2n) is 7.85. The van der Waals surface area contributed by atoms with E-state index in [0.29, 0.717) is 17.3 Å². The molecule has 0 aliphatic heterocycles. The Labute approximate surface area is 188 Å². The molecular formula is C24H28N4O2S. The van der Waals surface area contributed by atoms with Crippen LogP contribution in [0, 0.1) is 0 Å². The number of methoxy groups -OCH3 is 1. The minimum absolute atomic E-state index is 0.189. The predicted octanol–water partition coefficient (Wildman–Crippen LogP) is 4.99. The molecule has 6 nitrogen and oxygen atoms in total. The van der Waals surface area contributed by atoms with E-state index in [2.05, 4.69) is 34.3 Å². The molecular weight excluding hydrogens is 408 g/mol. The third-order valence-corrected chi connectivity index (χ3v) is 5.87. The second kappa shape index (κ2) is 8.98. The Bertz CT molecular complexity index is 1130. The van der Waals surface area contributed by atoms with Gasteiger partial charge in [0.05, 0.1) is 29.4 Å². The summed E-state index contributed by atoms with van der Waals surface area (Å²) < 4.78 is 7.86. The number of phenols is 1. The molecule has 1 heterocycles. The number of thiocarbonyl (C=S) groups is 1. The summed E-state index contributed by atoms with van der Waals surface area (Å²) in [5.41, 5.74) is 8.05. The number of anilines is 1. The van der Waals surface area contributed by atoms with Crippen molar-refractivity contribution in [2.24, 2.45) is 5.10 Å². The van der Waals surface area contributed by atoms with Gasteiger partial charge in [-0.1, -0.05) is 25.2 Å². The van der Waals surface area contributed by atoms with E-state index in [1.807, 2.05) is 36.2 Å². The van der Waals surface area contributed by atoms with Crippen LogP contribution in [-0.4, -0.2) is 35.2 Å². The van der Waals surface area contributed by atoms with Crippen molar-refractivity contribution >= 4 is 40.1 Å². The highest BCUT2D eigenvalue weighted by Crippen LogP contribution is 2.42. The summed E-state index contributed by atoms with van der Waals surface area (Å²) in [5.74, 6) is 2.19. The summed E-state index contributed by atoms with van der Waals surface area (Å²) in [5, 5.41) is 16.2. The zero-order valence-corrected chi connectivity index (χ0v) is 18.9. The minimum Gasteiger partial charge on any atom is -0.507 e. The van der Waals surface area contributed by atoms with Crippen molar-refractivity contribution in [3.05, 3.63) is 53.7 Å². The summed E-state index contributed by atoms with van der Waals surface area (Å²) in [6, 6.07) is 11.9. The zero-order chi connectivity index (χ0) is 22.0. The summed E-state index contributed by atoms with van der Waals surface area (Å²) in [6.45, 7) is 3.07. The number of aryl methyl sites for hydroxylation is 1. The number of hydrogen-bond acceptors (Lipinski definition) is 4. The number of rotatable bonds is 8. The molecule has 31 heavy (non-hydrogen) atoms. The van der Waals surface area contributed by atoms with Gasteiger partial charge in [0.15, 0.2) is 5.84 Å². The quantitative estimate of drug-likeness (QED) is 0.225. The van der Waals surface area contributed by atoms with Crippen molar-refractivity contribution in [2.45, 2.75) is 38.6 Å². The molecule has 0 spiro atoms. The lowest BCUT2D eigenvalue weighted by atomic mass is 10.0. The largest absolute Gasteiger partial charge is 0.507 e. The number of benzene rings is 2. The number of amidine groups is 1. The highest BCUT2D eigenvalue weighted by molar-refractivity contribution is 7.78. The summed E-state index contributed by atoms with van der Waals surface area (Å²) in [6.07, 6.45) is 5.49. The Morgan fingerprint density at radius 1 is 1.32 bits per heavy atom. The number of nitrogens with zero attached hydrogens (tertiary/aromatic N) is 3. The summed E-state index contributed by atoms with van der Waals surface area (Å²) in [4.78, 5) is 1.98. The van der Waals surface area contributed by atoms with Gasteiger partial charge in [-0.15, -0.1) is 0 Å². The van der Waals surface area contributed by atoms with E-state index in [-0.39, 0.29) is 5.75 Å². The molecule has 0 bridgehead atoms. The number of phenolic OH excluding ortho intramolecular Hbond substituents is 1. The molecule has 1 aliphatic carbocycles. The van der Waals surface area contributed by atoms with Gasteiger partial charge >= 0.3 is 0 Å². The van der Waals surface area contributed by atoms with E-state index in [1.54, 1.807) is 13.2 Å². The van der Waals surface area contributed by atoms with Crippen LogP contribution in [0.2, 0.25) is 0 Å². The van der Waals surface area contributed by atoms with Crippen molar-refractivity contribution in [3.8, 4) is 11.5 Å². The van der Waals surface area contributed by atoms with Crippen molar-refractivity contribution in [1.82, 2.24) is 9.99 Å². The zero-order valence-electron chi connectivity index (χ0n) is 18.1. The molecule has 0 saturated heterocycles. The number of nitrogens with one attached hydrogen (secondary N) is 1. The summed E-state index contributed by atoms with van der Waals surface area (Å²) in [7, 11) is 3.64. The first kappa shape index (κ1) is 21.2. The van der Waals surface area contributed by atoms with Crippen molar-refractivity contribution in [2.75, 3.05) is 19.1 Å². The van der Waals surface area contributed by atoms with Crippen molar-refractivity contribution in [1.29, 1.82) is 0 Å². The van der Waals surface area contributed by atoms with Crippen LogP contribution in [0.25, 0.3) is 10.9 Å². The fourth-order valence-electron chi connectivity index (χ4n) is 4.08. The van der Waals surface area contributed by atoms with Crippen molar-refractivity contribution in [3.63, 3.8) is 0 Å². The standard InChI is InChI=1S/C24H28N4O2S/c1-4-12-28-13-11-18-20(8-10-22(30-3)23(18)28)27(2)24(26-25-15-31)19-14-17(16-5-6-16)7-9-21(19)29/h7-11,13-16,29H,4-6,12H2,1-3H3,(H,25,31)/b26-24-. The molecule has 4 rings (SSSR count). The smallest absolute Gasteiger partial charge is 0.164 e. The molecule has 0 amide bonds. The first-order valence-corrected chi connectivity index (χ1v) is 11.1. The topological polar surface area (TPSA) is 62.0 Å². The SMILES string of the molecule is CCCn1ccc2c(N(C)/C(=N\NC=S)c3cc(C4CC4)ccc3O)ccc(OC)c21. The predicted molar refractivity (Wildman–Crippen MR) is 131 cm³/mol. The molecule has 7 heteroatoms. The lowest BCUT2D eigenvalue weighted by molar-refractivity contribution is 0.417. The lowest BCUT2D eigenvalue weighted by Crippen LogP contribution is -2.29. The molecule has 0 unspecified atom stereocenters. The van der Waals surface area contributed by atoms with E-state index < -0.39 is 0 Å². The van der Waals surface area contributed by atoms with Crippen LogP contribution in [0.5, 0.6) is 11.5 Å². The molecule has 162 valence electrons. The average Bonchev–Trinajstić information content (AvgIpc) is 3.55. The molecule has 0 atom stereocenters. The van der Waals surface area contributed by atoms with Crippen LogP contribution in [0.15, 0.2) is 47.7 Å². The monoisotopic (exact) mass is 436 g/mol. The maximum Gasteiger partial charge on any atom is 0.164 e. The average molecular weight is 437 g/mol. The van der Waals surface area contributed by atoms with Crippen LogP contribution < -0.4 is 15.1 Å². The number of aromatic hydroxyl groups is 1. The summed E-state index contributed by atoms with van der Waals surface area (Å²) >= 11 is 4.93. The van der Waals surface area contributed by atoms with E-state index in [9.17, 15) is 5.11 Å². The molecule has 1 aliphatic rings. The van der Waals surface area contributed by atoms with Crippen LogP contribution in [0.4, 0.5) is 5.69 Å². The molecule has 2 N–H and O–H groups in total. The number of hydrogen-bond donors (Lipinski definition) is 2. The molecule has 1 fully saturated rings. The first-order valence-electron chi connectivity index (χ1n) is 10.6. The molecule has 2 aromatic carbocycles. The number of fused-ring (bicyclic) bond motifs is 1. The fourth-order valence-corrected chi connectivity index (χ4v) is 4.13. The molecule has 1 aromatic heterocycles. The van der Waals surface area contributed by atoms with E-state index in [1.165, 1.54) is 23.9 Å². The van der Waals surface area contributed by atoms with Gasteiger partial charge in [-0.2, -0.15) is 5.10 Å². The van der Waals surface area contributed by atoms with E-state index in [0.717, 1.165) is 35.3 Å². The van der Waals surface area contributed by atoms with Gasteiger partial charge in [0.1, 0.15) is 11.5 Å². The molecule has 0 radical (unpaired) electrons. The van der Waals surface area contributed by atoms with Crippen LogP contribution in [-0.2, 0) is 6.54 Å². The Hall–Kier alpha value is -3.06. The van der Waals surface area contributed by atoms with E-state index in [4.69, 9.17) is 17.0 Å². The van der Waals surface area contributed by atoms with Crippen molar-refractivity contribution < 1.29 is 9.84 Å². The maximum atomic E-state index is 10.7. The highest BCUT2D eigenvalue weighted by atomic mass is 32.1. The third-order valence-electron chi connectivity index (χ3n) is 5.76. The number of ether oxygens (including phenoxy) is 1. The number of aromatic nitrogens is 1. The van der Waals surface area contributed by atoms with Gasteiger partial charge in [-0.25, -0.2) is 0 Å². The van der Waals surface area contributed by atoms with Crippen LogP contribution >= 0.6 is 12.2 Å². The maximum absolute atomic E-state index is 10.7. The van der Waals surface area contributed by atoms with Gasteiger partial charge in [0, 0.05) is 25.2 Å². The van der Waals surface area contributed by atoms with Gasteiger partial charge in [-0.3, -0.25) is 5.43 Å². The third kappa shape index (κ3) is 4.10. The fraction of sp³-hybridized carbons (Fsp3) is 0.333. The van der Waals surface area contributed by atoms with Crippen LogP contribution in [0.1, 0.15) is 43.2 Å². The van der Waals surface area contributed by atoms with Gasteiger partial charge in [-0.05, 0) is 61.1 Å². The highest BCUT2D eigenvalue weighted by Gasteiger charge is 2.26. The normalized spacial score (nSPS) is 14.0. The lowest BCUT2D eigenvalue weighted by Gasteiger charge is -2.24.